The third-order valence-corrected chi connectivity index (χ3v) is 8.11. The van der Waals surface area contributed by atoms with Gasteiger partial charge in [-0.2, -0.15) is 0 Å². The first-order chi connectivity index (χ1) is 16.9. The van der Waals surface area contributed by atoms with Gasteiger partial charge in [-0.05, 0) is 41.3 Å². The monoisotopic (exact) mass is 465 g/mol. The van der Waals surface area contributed by atoms with Crippen LogP contribution in [0.15, 0.2) is 72.8 Å². The summed E-state index contributed by atoms with van der Waals surface area (Å²) in [6, 6.07) is 21.7. The number of hydrogen-bond acceptors (Lipinski definition) is 5. The smallest absolute Gasteiger partial charge is 0.340 e. The van der Waals surface area contributed by atoms with Crippen molar-refractivity contribution in [2.45, 2.75) is 24.7 Å². The molecule has 35 heavy (non-hydrogen) atoms. The number of nitrogens with zero attached hydrogens (tertiary/aromatic N) is 1. The number of aldehydes is 1. The topological polar surface area (TPSA) is 80.8 Å². The van der Waals surface area contributed by atoms with Gasteiger partial charge in [0.25, 0.3) is 0 Å². The molecule has 4 aliphatic rings. The van der Waals surface area contributed by atoms with E-state index in [1.807, 2.05) is 55.5 Å². The Hall–Kier alpha value is -4.06. The van der Waals surface area contributed by atoms with Crippen molar-refractivity contribution in [3.63, 3.8) is 0 Å². The second-order valence-corrected chi connectivity index (χ2v) is 9.49. The third-order valence-electron chi connectivity index (χ3n) is 8.11. The number of carbonyl (C=O) groups is 4. The van der Waals surface area contributed by atoms with Crippen molar-refractivity contribution >= 4 is 29.8 Å². The summed E-state index contributed by atoms with van der Waals surface area (Å²) in [7, 11) is 0. The molecule has 2 bridgehead atoms. The fourth-order valence-corrected chi connectivity index (χ4v) is 6.75. The van der Waals surface area contributed by atoms with Crippen LogP contribution in [-0.4, -0.2) is 30.7 Å². The molecule has 0 aromatic heterocycles. The second kappa shape index (κ2) is 7.22. The zero-order valence-electron chi connectivity index (χ0n) is 19.4. The minimum Gasteiger partial charge on any atom is -0.462 e. The van der Waals surface area contributed by atoms with Gasteiger partial charge in [-0.25, -0.2) is 9.69 Å². The molecule has 1 saturated heterocycles. The highest BCUT2D eigenvalue weighted by molar-refractivity contribution is 6.26. The number of anilines is 1. The number of hydrogen-bond donors (Lipinski definition) is 0. The summed E-state index contributed by atoms with van der Waals surface area (Å²) in [6.45, 7) is 3.85. The molecule has 0 N–H and O–H groups in total. The Bertz CT molecular complexity index is 1390. The summed E-state index contributed by atoms with van der Waals surface area (Å²) in [5, 5.41) is 0. The average Bonchev–Trinajstić information content (AvgIpc) is 3.16. The van der Waals surface area contributed by atoms with Crippen LogP contribution in [0.2, 0.25) is 0 Å². The molecule has 3 aromatic rings. The first kappa shape index (κ1) is 21.5. The van der Waals surface area contributed by atoms with Crippen LogP contribution in [0.1, 0.15) is 46.5 Å². The highest BCUT2D eigenvalue weighted by Gasteiger charge is 2.72. The first-order valence-corrected chi connectivity index (χ1v) is 11.7. The molecule has 174 valence electrons. The molecule has 7 rings (SSSR count). The van der Waals surface area contributed by atoms with E-state index in [1.165, 1.54) is 0 Å². The minimum atomic E-state index is -1.30. The van der Waals surface area contributed by atoms with Gasteiger partial charge in [0.05, 0.1) is 35.1 Å². The molecule has 1 heterocycles. The average molecular weight is 466 g/mol. The van der Waals surface area contributed by atoms with Gasteiger partial charge in [-0.1, -0.05) is 67.6 Å². The van der Waals surface area contributed by atoms with Gasteiger partial charge in [0.1, 0.15) is 6.29 Å². The molecule has 2 atom stereocenters. The standard InChI is InChI=1S/C29H23NO5/c1-3-35-27(34)17-10-4-9-15-22(17)30-25(32)23-24(26(30)33)29(16-31)20-13-7-5-11-18(20)28(23,2)19-12-6-8-14-21(19)29/h4-16,23-24H,3H2,1-2H3/t23-,24-,28?,29?/m1/s1. The lowest BCUT2D eigenvalue weighted by Crippen LogP contribution is -2.61. The molecule has 3 aliphatic carbocycles. The Labute approximate surface area is 202 Å². The summed E-state index contributed by atoms with van der Waals surface area (Å²) in [5.74, 6) is -3.20. The van der Waals surface area contributed by atoms with E-state index in [0.29, 0.717) is 0 Å². The van der Waals surface area contributed by atoms with Crippen molar-refractivity contribution < 1.29 is 23.9 Å². The molecule has 1 aliphatic heterocycles. The van der Waals surface area contributed by atoms with Crippen LogP contribution >= 0.6 is 0 Å². The van der Waals surface area contributed by atoms with Gasteiger partial charge in [0, 0.05) is 5.41 Å². The lowest BCUT2D eigenvalue weighted by molar-refractivity contribution is -0.129. The Morgan fingerprint density at radius 3 is 1.94 bits per heavy atom. The largest absolute Gasteiger partial charge is 0.462 e. The Morgan fingerprint density at radius 1 is 0.857 bits per heavy atom. The number of ether oxygens (including phenoxy) is 1. The summed E-state index contributed by atoms with van der Waals surface area (Å²) in [6.07, 6.45) is 0.840. The number of carbonyl (C=O) groups excluding carboxylic acids is 4. The van der Waals surface area contributed by atoms with E-state index in [4.69, 9.17) is 4.74 Å². The maximum Gasteiger partial charge on any atom is 0.340 e. The molecule has 0 spiro atoms. The van der Waals surface area contributed by atoms with Crippen molar-refractivity contribution in [3.8, 4) is 0 Å². The van der Waals surface area contributed by atoms with Crippen LogP contribution in [0.25, 0.3) is 0 Å². The Balaban J connectivity index is 1.63. The number of rotatable bonds is 4. The van der Waals surface area contributed by atoms with Crippen LogP contribution in [0.3, 0.4) is 0 Å². The molecular weight excluding hydrogens is 442 g/mol. The molecule has 1 fully saturated rings. The van der Waals surface area contributed by atoms with E-state index in [1.54, 1.807) is 31.2 Å². The fraction of sp³-hybridized carbons (Fsp3) is 0.241. The quantitative estimate of drug-likeness (QED) is 0.333. The molecule has 3 aromatic carbocycles. The molecule has 0 saturated carbocycles. The van der Waals surface area contributed by atoms with Crippen molar-refractivity contribution in [2.75, 3.05) is 11.5 Å². The molecular formula is C29H23NO5. The Kier molecular flexibility index (Phi) is 4.43. The molecule has 2 amide bonds. The van der Waals surface area contributed by atoms with Crippen molar-refractivity contribution in [2.24, 2.45) is 11.8 Å². The number of esters is 1. The lowest BCUT2D eigenvalue weighted by atomic mass is 9.42. The second-order valence-electron chi connectivity index (χ2n) is 9.49. The summed E-state index contributed by atoms with van der Waals surface area (Å²) >= 11 is 0. The summed E-state index contributed by atoms with van der Waals surface area (Å²) < 4.78 is 5.19. The van der Waals surface area contributed by atoms with Crippen LogP contribution in [0.5, 0.6) is 0 Å². The van der Waals surface area contributed by atoms with Gasteiger partial charge in [0.2, 0.25) is 11.8 Å². The van der Waals surface area contributed by atoms with Gasteiger partial charge in [0.15, 0.2) is 0 Å². The third kappa shape index (κ3) is 2.39. The normalized spacial score (nSPS) is 27.8. The van der Waals surface area contributed by atoms with Crippen LogP contribution in [0.4, 0.5) is 5.69 Å². The van der Waals surface area contributed by atoms with Gasteiger partial charge in [-0.3, -0.25) is 9.59 Å². The predicted molar refractivity (Wildman–Crippen MR) is 128 cm³/mol. The van der Waals surface area contributed by atoms with Crippen LogP contribution < -0.4 is 4.90 Å². The van der Waals surface area contributed by atoms with Crippen molar-refractivity contribution in [1.29, 1.82) is 0 Å². The minimum absolute atomic E-state index is 0.141. The highest BCUT2D eigenvalue weighted by Crippen LogP contribution is 2.66. The molecule has 0 unspecified atom stereocenters. The zero-order chi connectivity index (χ0) is 24.5. The maximum absolute atomic E-state index is 14.2. The molecule has 0 radical (unpaired) electrons. The molecule has 6 nitrogen and oxygen atoms in total. The van der Waals surface area contributed by atoms with Crippen LogP contribution in [-0.2, 0) is 30.0 Å². The number of para-hydroxylation sites is 1. The van der Waals surface area contributed by atoms with Crippen molar-refractivity contribution in [3.05, 3.63) is 101 Å². The summed E-state index contributed by atoms with van der Waals surface area (Å²) in [4.78, 5) is 55.3. The highest BCUT2D eigenvalue weighted by atomic mass is 16.5. The maximum atomic E-state index is 14.2. The van der Waals surface area contributed by atoms with Gasteiger partial charge >= 0.3 is 5.97 Å². The van der Waals surface area contributed by atoms with E-state index in [2.05, 4.69) is 0 Å². The number of benzene rings is 3. The van der Waals surface area contributed by atoms with E-state index in [0.717, 1.165) is 33.4 Å². The van der Waals surface area contributed by atoms with Gasteiger partial charge < -0.3 is 9.53 Å². The van der Waals surface area contributed by atoms with Gasteiger partial charge in [-0.15, -0.1) is 0 Å². The van der Waals surface area contributed by atoms with E-state index >= 15 is 0 Å². The fourth-order valence-electron chi connectivity index (χ4n) is 6.75. The van der Waals surface area contributed by atoms with Crippen LogP contribution in [0, 0.1) is 11.8 Å². The SMILES string of the molecule is CCOC(=O)c1ccccc1N1C(=O)[C@H]2[C@H](C1=O)C1(C=O)c3ccccc3C2(C)c2ccccc21. The predicted octanol–water partition coefficient (Wildman–Crippen LogP) is 3.79. The zero-order valence-corrected chi connectivity index (χ0v) is 19.4. The van der Waals surface area contributed by atoms with E-state index in [9.17, 15) is 19.2 Å². The number of amides is 2. The van der Waals surface area contributed by atoms with E-state index in [-0.39, 0.29) is 17.9 Å². The van der Waals surface area contributed by atoms with E-state index < -0.39 is 40.4 Å². The first-order valence-electron chi connectivity index (χ1n) is 11.7. The lowest BCUT2D eigenvalue weighted by Gasteiger charge is -2.56. The Morgan fingerprint density at radius 2 is 1.37 bits per heavy atom. The molecule has 6 heteroatoms. The number of imide groups is 1. The summed E-state index contributed by atoms with van der Waals surface area (Å²) in [5.41, 5.74) is 1.51. The van der Waals surface area contributed by atoms with Crippen molar-refractivity contribution in [1.82, 2.24) is 0 Å².